The molecule has 20 heavy (non-hydrogen) atoms. The van der Waals surface area contributed by atoms with Crippen molar-refractivity contribution < 1.29 is 0 Å². The van der Waals surface area contributed by atoms with E-state index < -0.39 is 0 Å². The van der Waals surface area contributed by atoms with E-state index in [0.29, 0.717) is 0 Å². The van der Waals surface area contributed by atoms with Gasteiger partial charge in [0.05, 0.1) is 12.3 Å². The molecule has 1 aromatic heterocycles. The molecule has 0 aliphatic carbocycles. The molecular weight excluding hydrogens is 248 g/mol. The molecule has 1 aromatic carbocycles. The lowest BCUT2D eigenvalue weighted by Gasteiger charge is -2.11. The standard InChI is InChI=1S/C16H16N4/c1-19-10-13(4-3-7-17)15-8-12(5-6-16(15)19)14-9-18-20(2)11-14/h3-6,8-9,11,13H,10H2,1-2H3/b4-3+. The molecular formula is C16H16N4. The molecule has 4 heteroatoms. The van der Waals surface area contributed by atoms with E-state index in [-0.39, 0.29) is 5.92 Å². The van der Waals surface area contributed by atoms with Crippen LogP contribution < -0.4 is 4.90 Å². The van der Waals surface area contributed by atoms with Crippen molar-refractivity contribution in [2.75, 3.05) is 18.5 Å². The van der Waals surface area contributed by atoms with Crippen molar-refractivity contribution in [3.05, 3.63) is 48.3 Å². The molecule has 100 valence electrons. The molecule has 1 unspecified atom stereocenters. The fourth-order valence-electron chi connectivity index (χ4n) is 2.76. The van der Waals surface area contributed by atoms with Crippen molar-refractivity contribution >= 4 is 5.69 Å². The summed E-state index contributed by atoms with van der Waals surface area (Å²) in [6.07, 6.45) is 7.45. The maximum absolute atomic E-state index is 8.71. The zero-order valence-corrected chi connectivity index (χ0v) is 11.6. The summed E-state index contributed by atoms with van der Waals surface area (Å²) in [5.74, 6) is 0.284. The van der Waals surface area contributed by atoms with Crippen molar-refractivity contribution in [3.8, 4) is 17.2 Å². The topological polar surface area (TPSA) is 44.9 Å². The van der Waals surface area contributed by atoms with Crippen LogP contribution in [-0.2, 0) is 7.05 Å². The lowest BCUT2D eigenvalue weighted by Crippen LogP contribution is -2.14. The van der Waals surface area contributed by atoms with Crippen LogP contribution in [0.3, 0.4) is 0 Å². The summed E-state index contributed by atoms with van der Waals surface area (Å²) in [4.78, 5) is 2.23. The summed E-state index contributed by atoms with van der Waals surface area (Å²) in [6.45, 7) is 0.921. The fourth-order valence-corrected chi connectivity index (χ4v) is 2.76. The molecule has 0 N–H and O–H groups in total. The molecule has 1 atom stereocenters. The Kier molecular flexibility index (Phi) is 3.03. The van der Waals surface area contributed by atoms with Crippen molar-refractivity contribution in [1.82, 2.24) is 9.78 Å². The third-order valence-electron chi connectivity index (χ3n) is 3.75. The number of hydrogen-bond donors (Lipinski definition) is 0. The van der Waals surface area contributed by atoms with Gasteiger partial charge in [0.15, 0.2) is 0 Å². The Bertz CT molecular complexity index is 706. The van der Waals surface area contributed by atoms with Crippen molar-refractivity contribution in [2.24, 2.45) is 7.05 Å². The van der Waals surface area contributed by atoms with E-state index >= 15 is 0 Å². The molecule has 0 saturated carbocycles. The number of fused-ring (bicyclic) bond motifs is 1. The average Bonchev–Trinajstić information content (AvgIpc) is 3.01. The van der Waals surface area contributed by atoms with Crippen LogP contribution in [-0.4, -0.2) is 23.4 Å². The van der Waals surface area contributed by atoms with Crippen LogP contribution in [0.2, 0.25) is 0 Å². The fraction of sp³-hybridized carbons (Fsp3) is 0.250. The predicted molar refractivity (Wildman–Crippen MR) is 79.4 cm³/mol. The van der Waals surface area contributed by atoms with Crippen LogP contribution in [0.25, 0.3) is 11.1 Å². The summed E-state index contributed by atoms with van der Waals surface area (Å²) < 4.78 is 1.81. The summed E-state index contributed by atoms with van der Waals surface area (Å²) in [6, 6.07) is 8.57. The summed E-state index contributed by atoms with van der Waals surface area (Å²) in [7, 11) is 4.01. The zero-order valence-electron chi connectivity index (χ0n) is 11.6. The number of anilines is 1. The number of allylic oxidation sites excluding steroid dienone is 1. The quantitative estimate of drug-likeness (QED) is 0.783. The molecule has 3 rings (SSSR count). The van der Waals surface area contributed by atoms with Gasteiger partial charge in [-0.25, -0.2) is 0 Å². The Morgan fingerprint density at radius 3 is 2.90 bits per heavy atom. The minimum absolute atomic E-state index is 0.284. The highest BCUT2D eigenvalue weighted by atomic mass is 15.2. The Morgan fingerprint density at radius 2 is 2.20 bits per heavy atom. The second kappa shape index (κ2) is 4.86. The Balaban J connectivity index is 2.03. The second-order valence-electron chi connectivity index (χ2n) is 5.15. The highest BCUT2D eigenvalue weighted by Gasteiger charge is 2.24. The van der Waals surface area contributed by atoms with Crippen LogP contribution >= 0.6 is 0 Å². The summed E-state index contributed by atoms with van der Waals surface area (Å²) >= 11 is 0. The van der Waals surface area contributed by atoms with Crippen LogP contribution in [0.15, 0.2) is 42.7 Å². The molecule has 0 spiro atoms. The number of nitrogens with zero attached hydrogens (tertiary/aromatic N) is 4. The number of nitriles is 1. The first kappa shape index (κ1) is 12.5. The smallest absolute Gasteiger partial charge is 0.0908 e. The zero-order chi connectivity index (χ0) is 14.1. The van der Waals surface area contributed by atoms with Crippen molar-refractivity contribution in [2.45, 2.75) is 5.92 Å². The van der Waals surface area contributed by atoms with Crippen molar-refractivity contribution in [3.63, 3.8) is 0 Å². The maximum Gasteiger partial charge on any atom is 0.0908 e. The van der Waals surface area contributed by atoms with E-state index in [1.54, 1.807) is 6.08 Å². The molecule has 0 bridgehead atoms. The maximum atomic E-state index is 8.71. The number of benzene rings is 1. The Hall–Kier alpha value is -2.54. The SMILES string of the molecule is CN1CC(/C=C/C#N)c2cc(-c3cnn(C)c3)ccc21. The average molecular weight is 264 g/mol. The number of aryl methyl sites for hydroxylation is 1. The largest absolute Gasteiger partial charge is 0.373 e. The highest BCUT2D eigenvalue weighted by Crippen LogP contribution is 2.38. The summed E-state index contributed by atoms with van der Waals surface area (Å²) in [5.41, 5.74) is 4.81. The van der Waals surface area contributed by atoms with Gasteiger partial charge in [0.2, 0.25) is 0 Å². The van der Waals surface area contributed by atoms with Crippen LogP contribution in [0, 0.1) is 11.3 Å². The van der Waals surface area contributed by atoms with Crippen LogP contribution in [0.4, 0.5) is 5.69 Å². The van der Waals surface area contributed by atoms with Gasteiger partial charge in [-0.05, 0) is 23.3 Å². The van der Waals surface area contributed by atoms with Gasteiger partial charge >= 0.3 is 0 Å². The third-order valence-corrected chi connectivity index (χ3v) is 3.75. The van der Waals surface area contributed by atoms with Gasteiger partial charge in [0.1, 0.15) is 0 Å². The molecule has 2 aromatic rings. The van der Waals surface area contributed by atoms with Gasteiger partial charge in [-0.1, -0.05) is 12.1 Å². The van der Waals surface area contributed by atoms with Gasteiger partial charge in [0.25, 0.3) is 0 Å². The first-order valence-electron chi connectivity index (χ1n) is 6.59. The molecule has 0 radical (unpaired) electrons. The lowest BCUT2D eigenvalue weighted by atomic mass is 9.97. The highest BCUT2D eigenvalue weighted by molar-refractivity contribution is 5.71. The number of aromatic nitrogens is 2. The second-order valence-corrected chi connectivity index (χ2v) is 5.15. The van der Waals surface area contributed by atoms with Crippen LogP contribution in [0.5, 0.6) is 0 Å². The van der Waals surface area contributed by atoms with E-state index in [4.69, 9.17) is 5.26 Å². The van der Waals surface area contributed by atoms with Gasteiger partial charge in [0, 0.05) is 50.1 Å². The minimum Gasteiger partial charge on any atom is -0.373 e. The molecule has 1 aliphatic rings. The number of rotatable bonds is 2. The minimum atomic E-state index is 0.284. The third kappa shape index (κ3) is 2.08. The Labute approximate surface area is 118 Å². The van der Waals surface area contributed by atoms with E-state index in [9.17, 15) is 0 Å². The van der Waals surface area contributed by atoms with Gasteiger partial charge in [-0.3, -0.25) is 4.68 Å². The van der Waals surface area contributed by atoms with Crippen molar-refractivity contribution in [1.29, 1.82) is 5.26 Å². The van der Waals surface area contributed by atoms with E-state index in [0.717, 1.165) is 12.1 Å². The van der Waals surface area contributed by atoms with E-state index in [1.807, 2.05) is 30.2 Å². The molecule has 0 fully saturated rings. The molecule has 2 heterocycles. The number of hydrogen-bond acceptors (Lipinski definition) is 3. The van der Waals surface area contributed by atoms with Gasteiger partial charge < -0.3 is 4.90 Å². The molecule has 4 nitrogen and oxygen atoms in total. The van der Waals surface area contributed by atoms with Gasteiger partial charge in [-0.2, -0.15) is 10.4 Å². The summed E-state index contributed by atoms with van der Waals surface area (Å²) in [5, 5.41) is 12.9. The monoisotopic (exact) mass is 264 g/mol. The number of likely N-dealkylation sites (N-methyl/N-ethyl adjacent to an activating group) is 1. The van der Waals surface area contributed by atoms with E-state index in [2.05, 4.69) is 41.3 Å². The molecule has 1 aliphatic heterocycles. The normalized spacial score (nSPS) is 17.4. The van der Waals surface area contributed by atoms with Crippen LogP contribution in [0.1, 0.15) is 11.5 Å². The first-order chi connectivity index (χ1) is 9.69. The predicted octanol–water partition coefficient (Wildman–Crippen LogP) is 2.70. The van der Waals surface area contributed by atoms with Gasteiger partial charge in [-0.15, -0.1) is 0 Å². The molecule has 0 saturated heterocycles. The lowest BCUT2D eigenvalue weighted by molar-refractivity contribution is 0.768. The van der Waals surface area contributed by atoms with E-state index in [1.165, 1.54) is 16.8 Å². The first-order valence-corrected chi connectivity index (χ1v) is 6.59. The molecule has 0 amide bonds. The Morgan fingerprint density at radius 1 is 1.35 bits per heavy atom.